The number of aliphatic hydroxyl groups excluding tert-OH is 2. The number of nitrogens with zero attached hydrogens (tertiary/aromatic N) is 2. The van der Waals surface area contributed by atoms with Gasteiger partial charge in [0, 0.05) is 17.1 Å². The average molecular weight is 538 g/mol. The van der Waals surface area contributed by atoms with Crippen LogP contribution in [0.3, 0.4) is 0 Å². The third kappa shape index (κ3) is 3.67. The fourth-order valence-electron chi connectivity index (χ4n) is 6.15. The molecule has 3 aliphatic rings. The van der Waals surface area contributed by atoms with E-state index in [9.17, 15) is 34.8 Å². The molecule has 1 amide bonds. The Hall–Kier alpha value is -4.42. The number of Topliss-reactive ketones (excluding diaryl/α,β-unsaturated/α-hetero) is 2. The molecule has 5 rings (SSSR count). The fraction of sp³-hybridized carbons (Fsp3) is 0.333. The van der Waals surface area contributed by atoms with Crippen LogP contribution in [0.15, 0.2) is 50.7 Å². The van der Waals surface area contributed by atoms with Crippen molar-refractivity contribution < 1.29 is 44.1 Å². The summed E-state index contributed by atoms with van der Waals surface area (Å²) in [6, 6.07) is 5.14. The van der Waals surface area contributed by atoms with E-state index in [1.165, 1.54) is 24.3 Å². The zero-order valence-corrected chi connectivity index (χ0v) is 21.3. The Morgan fingerprint density at radius 2 is 1.92 bits per heavy atom. The van der Waals surface area contributed by atoms with Crippen molar-refractivity contribution in [2.24, 2.45) is 22.7 Å². The van der Waals surface area contributed by atoms with Crippen LogP contribution >= 0.6 is 0 Å². The number of hydrogen-bond acceptors (Lipinski definition) is 11. The van der Waals surface area contributed by atoms with Crippen LogP contribution in [0, 0.1) is 11.8 Å². The number of primary amides is 1. The molecule has 204 valence electrons. The van der Waals surface area contributed by atoms with E-state index in [1.807, 2.05) is 0 Å². The number of fused-ring (bicyclic) bond motifs is 3. The summed E-state index contributed by atoms with van der Waals surface area (Å²) < 4.78 is 5.83. The van der Waals surface area contributed by atoms with Crippen molar-refractivity contribution in [3.63, 3.8) is 0 Å². The number of aliphatic hydroxyl groups is 3. The van der Waals surface area contributed by atoms with Gasteiger partial charge in [0.25, 0.3) is 5.91 Å². The minimum absolute atomic E-state index is 0.00917. The van der Waals surface area contributed by atoms with E-state index in [-0.39, 0.29) is 29.7 Å². The summed E-state index contributed by atoms with van der Waals surface area (Å²) in [6.45, 7) is 0. The van der Waals surface area contributed by atoms with Gasteiger partial charge in [0.05, 0.1) is 11.6 Å². The Bertz CT molecular complexity index is 1520. The lowest BCUT2D eigenvalue weighted by Crippen LogP contribution is -2.65. The largest absolute Gasteiger partial charge is 0.508 e. The van der Waals surface area contributed by atoms with E-state index >= 15 is 0 Å². The maximum absolute atomic E-state index is 13.9. The first-order chi connectivity index (χ1) is 18.4. The summed E-state index contributed by atoms with van der Waals surface area (Å²) in [5, 5.41) is 48.3. The van der Waals surface area contributed by atoms with Crippen molar-refractivity contribution in [3.8, 4) is 17.1 Å². The Morgan fingerprint density at radius 1 is 1.21 bits per heavy atom. The number of likely N-dealkylation sites (N-methyl/N-ethyl adjacent to an activating group) is 1. The average Bonchev–Trinajstić information content (AvgIpc) is 3.33. The molecule has 0 aliphatic heterocycles. The molecule has 1 fully saturated rings. The number of furan rings is 1. The number of ketones is 2. The normalized spacial score (nSPS) is 26.6. The standard InChI is InChI=1S/C27H27N3O9/c1-30(2)21-15-9-11-8-14-13(17-7-4-12(39-17)10-29-38-3)5-6-16(31)19(14)22(32)18(11)24(34)27(15,37)25(35)20(23(21)33)26(28)36/h4-7,10-11,15,21,31-32,35,37H,8-9H2,1-3H3,(H2,28,36)/b29-10+/t11-,15-,21-,27-/m0/s1. The van der Waals surface area contributed by atoms with Gasteiger partial charge < -0.3 is 35.4 Å². The van der Waals surface area contributed by atoms with Crippen molar-refractivity contribution in [3.05, 3.63) is 58.1 Å². The summed E-state index contributed by atoms with van der Waals surface area (Å²) in [5.41, 5.74) is 2.59. The van der Waals surface area contributed by atoms with Gasteiger partial charge in [0.1, 0.15) is 47.7 Å². The molecule has 12 heteroatoms. The quantitative estimate of drug-likeness (QED) is 0.210. The molecular weight excluding hydrogens is 510 g/mol. The number of aromatic hydroxyl groups is 1. The number of oxime groups is 1. The predicted molar refractivity (Wildman–Crippen MR) is 137 cm³/mol. The number of benzene rings is 1. The first-order valence-corrected chi connectivity index (χ1v) is 12.1. The molecule has 1 saturated carbocycles. The van der Waals surface area contributed by atoms with Gasteiger partial charge in [-0.3, -0.25) is 19.3 Å². The molecule has 1 aromatic carbocycles. The fourth-order valence-corrected chi connectivity index (χ4v) is 6.15. The van der Waals surface area contributed by atoms with Crippen LogP contribution in [0.4, 0.5) is 0 Å². The van der Waals surface area contributed by atoms with E-state index in [0.29, 0.717) is 22.6 Å². The number of rotatable bonds is 5. The Morgan fingerprint density at radius 3 is 2.56 bits per heavy atom. The summed E-state index contributed by atoms with van der Waals surface area (Å²) in [5.74, 6) is -6.22. The van der Waals surface area contributed by atoms with Gasteiger partial charge in [-0.1, -0.05) is 5.16 Å². The molecule has 0 bridgehead atoms. The van der Waals surface area contributed by atoms with Gasteiger partial charge in [-0.2, -0.15) is 0 Å². The van der Waals surface area contributed by atoms with Crippen molar-refractivity contribution in [1.29, 1.82) is 0 Å². The number of phenols is 1. The van der Waals surface area contributed by atoms with Crippen LogP contribution in [0.2, 0.25) is 0 Å². The van der Waals surface area contributed by atoms with Gasteiger partial charge in [0.2, 0.25) is 5.78 Å². The molecule has 4 atom stereocenters. The highest BCUT2D eigenvalue weighted by molar-refractivity contribution is 6.24. The monoisotopic (exact) mass is 537 g/mol. The first-order valence-electron chi connectivity index (χ1n) is 12.1. The molecular formula is C27H27N3O9. The molecule has 1 heterocycles. The third-order valence-electron chi connectivity index (χ3n) is 7.78. The number of carbonyl (C=O) groups excluding carboxylic acids is 3. The zero-order valence-electron chi connectivity index (χ0n) is 21.3. The van der Waals surface area contributed by atoms with E-state index in [0.717, 1.165) is 0 Å². The summed E-state index contributed by atoms with van der Waals surface area (Å²) in [7, 11) is 4.48. The predicted octanol–water partition coefficient (Wildman–Crippen LogP) is 1.20. The molecule has 6 N–H and O–H groups in total. The van der Waals surface area contributed by atoms with Gasteiger partial charge in [-0.25, -0.2) is 0 Å². The minimum atomic E-state index is -2.69. The Kier molecular flexibility index (Phi) is 6.11. The second-order valence-electron chi connectivity index (χ2n) is 10.1. The smallest absolute Gasteiger partial charge is 0.255 e. The second-order valence-corrected chi connectivity index (χ2v) is 10.1. The van der Waals surface area contributed by atoms with Gasteiger partial charge in [0.15, 0.2) is 11.4 Å². The summed E-state index contributed by atoms with van der Waals surface area (Å²) in [6.07, 6.45) is 1.50. The van der Waals surface area contributed by atoms with Gasteiger partial charge in [-0.15, -0.1) is 0 Å². The molecule has 39 heavy (non-hydrogen) atoms. The van der Waals surface area contributed by atoms with Crippen molar-refractivity contribution in [2.75, 3.05) is 21.2 Å². The van der Waals surface area contributed by atoms with Crippen molar-refractivity contribution in [1.82, 2.24) is 4.90 Å². The van der Waals surface area contributed by atoms with Crippen LogP contribution < -0.4 is 5.73 Å². The van der Waals surface area contributed by atoms with Gasteiger partial charge >= 0.3 is 0 Å². The SMILES string of the molecule is CO/N=C/c1ccc(-c2ccc(O)c3c2C[C@H]2C[C@H]4[C@H](N(C)C)C(=O)C(C(N)=O)=C(O)[C@@]4(O)C(=O)C2=C3O)o1. The minimum Gasteiger partial charge on any atom is -0.508 e. The number of amides is 1. The third-order valence-corrected chi connectivity index (χ3v) is 7.78. The zero-order chi connectivity index (χ0) is 28.4. The highest BCUT2D eigenvalue weighted by Crippen LogP contribution is 2.53. The first kappa shape index (κ1) is 26.2. The van der Waals surface area contributed by atoms with Crippen LogP contribution in [0.1, 0.15) is 23.3 Å². The maximum Gasteiger partial charge on any atom is 0.255 e. The van der Waals surface area contributed by atoms with Gasteiger partial charge in [-0.05, 0) is 62.7 Å². The Balaban J connectivity index is 1.69. The topological polar surface area (TPSA) is 196 Å². The summed E-state index contributed by atoms with van der Waals surface area (Å²) >= 11 is 0. The maximum atomic E-state index is 13.9. The molecule has 1 aromatic heterocycles. The van der Waals surface area contributed by atoms with E-state index in [4.69, 9.17) is 10.2 Å². The number of phenolic OH excluding ortho intramolecular Hbond substituents is 1. The summed E-state index contributed by atoms with van der Waals surface area (Å²) in [4.78, 5) is 45.3. The molecule has 2 aromatic rings. The molecule has 12 nitrogen and oxygen atoms in total. The van der Waals surface area contributed by atoms with E-state index < -0.39 is 58.0 Å². The highest BCUT2D eigenvalue weighted by atomic mass is 16.6. The number of carbonyl (C=O) groups is 3. The van der Waals surface area contributed by atoms with Crippen LogP contribution in [0.5, 0.6) is 5.75 Å². The van der Waals surface area contributed by atoms with E-state index in [1.54, 1.807) is 32.3 Å². The molecule has 3 aliphatic carbocycles. The van der Waals surface area contributed by atoms with Crippen LogP contribution in [0.25, 0.3) is 17.1 Å². The lowest BCUT2D eigenvalue weighted by atomic mass is 9.57. The second kappa shape index (κ2) is 9.10. The lowest BCUT2D eigenvalue weighted by molar-refractivity contribution is -0.153. The highest BCUT2D eigenvalue weighted by Gasteiger charge is 2.64. The number of nitrogens with two attached hydrogens (primary N) is 1. The molecule has 0 radical (unpaired) electrons. The number of hydrogen-bond donors (Lipinski definition) is 5. The van der Waals surface area contributed by atoms with E-state index in [2.05, 4.69) is 9.99 Å². The lowest BCUT2D eigenvalue weighted by Gasteiger charge is -2.50. The van der Waals surface area contributed by atoms with Crippen molar-refractivity contribution >= 4 is 29.4 Å². The van der Waals surface area contributed by atoms with Crippen LogP contribution in [-0.4, -0.2) is 81.9 Å². The Labute approximate surface area is 222 Å². The molecule has 0 saturated heterocycles. The van der Waals surface area contributed by atoms with Crippen LogP contribution in [-0.2, 0) is 25.6 Å². The molecule has 0 unspecified atom stereocenters. The molecule has 0 spiro atoms. The van der Waals surface area contributed by atoms with Crippen molar-refractivity contribution in [2.45, 2.75) is 24.5 Å².